The number of nitrogens with zero attached hydrogens (tertiary/aromatic N) is 1. The first-order valence-corrected chi connectivity index (χ1v) is 4.69. The van der Waals surface area contributed by atoms with Gasteiger partial charge < -0.3 is 19.5 Å². The summed E-state index contributed by atoms with van der Waals surface area (Å²) < 4.78 is 10.1. The monoisotopic (exact) mass is 199 g/mol. The minimum atomic E-state index is -0.399. The summed E-state index contributed by atoms with van der Waals surface area (Å²) in [5.74, 6) is 0.0478. The van der Waals surface area contributed by atoms with Crippen LogP contribution in [-0.4, -0.2) is 48.3 Å². The van der Waals surface area contributed by atoms with Crippen LogP contribution in [0.25, 0.3) is 0 Å². The van der Waals surface area contributed by atoms with Gasteiger partial charge in [-0.25, -0.2) is 0 Å². The zero-order valence-electron chi connectivity index (χ0n) is 7.81. The predicted molar refractivity (Wildman–Crippen MR) is 47.2 cm³/mol. The maximum absolute atomic E-state index is 11.7. The fourth-order valence-corrected chi connectivity index (χ4v) is 1.56. The van der Waals surface area contributed by atoms with Crippen molar-refractivity contribution in [2.75, 3.05) is 26.3 Å². The van der Waals surface area contributed by atoms with Gasteiger partial charge in [-0.05, 0) is 6.42 Å². The Morgan fingerprint density at radius 1 is 1.57 bits per heavy atom. The number of carbonyl (C=O) groups is 1. The number of likely N-dealkylation sites (tertiary alicyclic amines) is 1. The summed E-state index contributed by atoms with van der Waals surface area (Å²) in [6, 6.07) is 0. The molecule has 0 aliphatic carbocycles. The third kappa shape index (κ3) is 1.82. The summed E-state index contributed by atoms with van der Waals surface area (Å²) in [5.41, 5.74) is 0. The Morgan fingerprint density at radius 2 is 2.43 bits per heavy atom. The highest BCUT2D eigenvalue weighted by molar-refractivity contribution is 5.91. The van der Waals surface area contributed by atoms with E-state index < -0.39 is 6.10 Å². The van der Waals surface area contributed by atoms with Gasteiger partial charge in [0, 0.05) is 13.1 Å². The summed E-state index contributed by atoms with van der Waals surface area (Å²) in [5, 5.41) is 9.26. The van der Waals surface area contributed by atoms with Crippen molar-refractivity contribution in [3.63, 3.8) is 0 Å². The molecule has 0 aromatic heterocycles. The molecule has 1 amide bonds. The average molecular weight is 199 g/mol. The van der Waals surface area contributed by atoms with Crippen LogP contribution in [0.5, 0.6) is 0 Å². The normalized spacial score (nSPS) is 26.5. The number of hydrogen-bond acceptors (Lipinski definition) is 4. The van der Waals surface area contributed by atoms with Gasteiger partial charge in [-0.15, -0.1) is 0 Å². The fraction of sp³-hybridized carbons (Fsp3) is 0.667. The van der Waals surface area contributed by atoms with Crippen LogP contribution in [0, 0.1) is 0 Å². The summed E-state index contributed by atoms with van der Waals surface area (Å²) in [6.45, 7) is 1.87. The van der Waals surface area contributed by atoms with Crippen LogP contribution in [0.15, 0.2) is 12.0 Å². The number of ether oxygens (including phenoxy) is 2. The molecule has 2 rings (SSSR count). The molecule has 78 valence electrons. The van der Waals surface area contributed by atoms with Crippen molar-refractivity contribution in [2.24, 2.45) is 0 Å². The molecule has 0 saturated carbocycles. The summed E-state index contributed by atoms with van der Waals surface area (Å²) >= 11 is 0. The molecule has 1 saturated heterocycles. The molecule has 5 heteroatoms. The van der Waals surface area contributed by atoms with Gasteiger partial charge in [-0.1, -0.05) is 0 Å². The molecule has 0 radical (unpaired) electrons. The highest BCUT2D eigenvalue weighted by Crippen LogP contribution is 2.14. The second-order valence-electron chi connectivity index (χ2n) is 3.40. The largest absolute Gasteiger partial charge is 0.494 e. The van der Waals surface area contributed by atoms with Crippen LogP contribution in [-0.2, 0) is 14.3 Å². The Kier molecular flexibility index (Phi) is 2.58. The zero-order valence-corrected chi connectivity index (χ0v) is 7.81. The van der Waals surface area contributed by atoms with Gasteiger partial charge in [0.05, 0.1) is 6.10 Å². The highest BCUT2D eigenvalue weighted by Gasteiger charge is 2.28. The summed E-state index contributed by atoms with van der Waals surface area (Å²) in [7, 11) is 0. The van der Waals surface area contributed by atoms with E-state index >= 15 is 0 Å². The fourth-order valence-electron chi connectivity index (χ4n) is 1.56. The van der Waals surface area contributed by atoms with E-state index in [2.05, 4.69) is 0 Å². The third-order valence-corrected chi connectivity index (χ3v) is 2.31. The summed E-state index contributed by atoms with van der Waals surface area (Å²) in [4.78, 5) is 13.3. The van der Waals surface area contributed by atoms with E-state index in [-0.39, 0.29) is 11.7 Å². The van der Waals surface area contributed by atoms with Gasteiger partial charge in [0.15, 0.2) is 0 Å². The lowest BCUT2D eigenvalue weighted by Crippen LogP contribution is -2.32. The van der Waals surface area contributed by atoms with E-state index in [0.29, 0.717) is 32.7 Å². The molecule has 14 heavy (non-hydrogen) atoms. The van der Waals surface area contributed by atoms with Crippen LogP contribution < -0.4 is 0 Å². The van der Waals surface area contributed by atoms with Gasteiger partial charge in [-0.3, -0.25) is 4.79 Å². The van der Waals surface area contributed by atoms with E-state index in [9.17, 15) is 9.90 Å². The molecule has 1 N–H and O–H groups in total. The van der Waals surface area contributed by atoms with Crippen LogP contribution in [0.2, 0.25) is 0 Å². The lowest BCUT2D eigenvalue weighted by atomic mass is 10.3. The van der Waals surface area contributed by atoms with Crippen molar-refractivity contribution in [1.29, 1.82) is 0 Å². The number of amides is 1. The van der Waals surface area contributed by atoms with Gasteiger partial charge in [0.1, 0.15) is 19.5 Å². The smallest absolute Gasteiger partial charge is 0.292 e. The molecule has 2 aliphatic heterocycles. The second kappa shape index (κ2) is 3.88. The molecule has 0 aromatic rings. The molecule has 0 spiro atoms. The highest BCUT2D eigenvalue weighted by atomic mass is 16.6. The molecule has 0 unspecified atom stereocenters. The Labute approximate surface area is 81.9 Å². The molecule has 1 fully saturated rings. The van der Waals surface area contributed by atoms with Crippen molar-refractivity contribution in [1.82, 2.24) is 4.90 Å². The van der Waals surface area contributed by atoms with Crippen molar-refractivity contribution in [3.05, 3.63) is 12.0 Å². The van der Waals surface area contributed by atoms with Gasteiger partial charge in [0.25, 0.3) is 5.91 Å². The maximum atomic E-state index is 11.7. The van der Waals surface area contributed by atoms with Gasteiger partial charge >= 0.3 is 0 Å². The minimum Gasteiger partial charge on any atom is -0.494 e. The lowest BCUT2D eigenvalue weighted by molar-refractivity contribution is -0.131. The van der Waals surface area contributed by atoms with Crippen LogP contribution in [0.4, 0.5) is 0 Å². The first-order chi connectivity index (χ1) is 6.77. The number of aliphatic hydroxyl groups is 1. The van der Waals surface area contributed by atoms with Crippen molar-refractivity contribution < 1.29 is 19.4 Å². The number of β-amino-alcohol motifs (C(OH)–C–C–N with tert-alkyl or cyclic N) is 1. The number of aliphatic hydroxyl groups excluding tert-OH is 1. The number of rotatable bonds is 1. The topological polar surface area (TPSA) is 59.0 Å². The van der Waals surface area contributed by atoms with Crippen molar-refractivity contribution in [3.8, 4) is 0 Å². The Morgan fingerprint density at radius 3 is 3.00 bits per heavy atom. The van der Waals surface area contributed by atoms with Gasteiger partial charge in [-0.2, -0.15) is 0 Å². The summed E-state index contributed by atoms with van der Waals surface area (Å²) in [6.07, 6.45) is 1.58. The van der Waals surface area contributed by atoms with E-state index in [0.717, 1.165) is 0 Å². The number of hydrogen-bond donors (Lipinski definition) is 1. The Hall–Kier alpha value is -1.23. The quantitative estimate of drug-likeness (QED) is 0.616. The second-order valence-corrected chi connectivity index (χ2v) is 3.40. The van der Waals surface area contributed by atoms with E-state index in [1.165, 1.54) is 6.26 Å². The first-order valence-electron chi connectivity index (χ1n) is 4.69. The van der Waals surface area contributed by atoms with E-state index in [1.54, 1.807) is 4.90 Å². The third-order valence-electron chi connectivity index (χ3n) is 2.31. The Bertz CT molecular complexity index is 264. The minimum absolute atomic E-state index is 0.193. The van der Waals surface area contributed by atoms with E-state index in [4.69, 9.17) is 9.47 Å². The van der Waals surface area contributed by atoms with Crippen molar-refractivity contribution >= 4 is 5.91 Å². The standard InChI is InChI=1S/C9H13NO4/c11-7-1-2-10(5-7)9(12)8-6-13-3-4-14-8/h6-7,11H,1-5H2/t7-/m1/s1. The molecule has 2 aliphatic rings. The predicted octanol–water partition coefficient (Wildman–Crippen LogP) is -0.532. The van der Waals surface area contributed by atoms with E-state index in [1.807, 2.05) is 0 Å². The molecule has 2 heterocycles. The Balaban J connectivity index is 1.97. The number of carbonyl (C=O) groups excluding carboxylic acids is 1. The SMILES string of the molecule is O=C(C1=COCCO1)N1CC[C@@H](O)C1. The van der Waals surface area contributed by atoms with Gasteiger partial charge in [0.2, 0.25) is 5.76 Å². The van der Waals surface area contributed by atoms with Crippen LogP contribution >= 0.6 is 0 Å². The lowest BCUT2D eigenvalue weighted by Gasteiger charge is -2.20. The molecule has 5 nitrogen and oxygen atoms in total. The van der Waals surface area contributed by atoms with Crippen LogP contribution in [0.3, 0.4) is 0 Å². The molecule has 0 bridgehead atoms. The molecular weight excluding hydrogens is 186 g/mol. The first kappa shape index (κ1) is 9.33. The average Bonchev–Trinajstić information content (AvgIpc) is 2.65. The molecule has 1 atom stereocenters. The van der Waals surface area contributed by atoms with Crippen molar-refractivity contribution in [2.45, 2.75) is 12.5 Å². The molecule has 0 aromatic carbocycles. The molecular formula is C9H13NO4. The zero-order chi connectivity index (χ0) is 9.97. The maximum Gasteiger partial charge on any atom is 0.292 e. The van der Waals surface area contributed by atoms with Crippen LogP contribution in [0.1, 0.15) is 6.42 Å².